The zero-order valence-corrected chi connectivity index (χ0v) is 85.5. The highest BCUT2D eigenvalue weighted by Gasteiger charge is 2.55. The van der Waals surface area contributed by atoms with Crippen molar-refractivity contribution in [3.05, 3.63) is 0 Å². The molecular weight excluding hydrogens is 1980 g/mol. The number of carbonyl (C=O) groups excluding carboxylic acids is 6. The van der Waals surface area contributed by atoms with Crippen molar-refractivity contribution in [1.29, 1.82) is 0 Å². The Hall–Kier alpha value is -4.00. The SMILES string of the molecule is CC1CC(OS(=O)(=O)O)CC(OC2C(C)OC(OCCCCCCNC(=O)CCOCCOCCOCCCC(=O)CCCCCCCCC(=O)CCOCC(C)(C)COCCC(=O)NCCCCCCCC(=O)CCCOCCOCCOCCC(=O)NCCCCCCOC3OC(C)C(OC4CC(OS(=O)(=O)O)CC(C)O4)C(OS(=O)(=O)O)C3OS(=O)(=O)O)C(OS(=O)(=O)O)C2OS(=O)(=O)O)O1. The quantitative estimate of drug-likeness (QED) is 0.0236. The van der Waals surface area contributed by atoms with Crippen molar-refractivity contribution in [1.82, 2.24) is 16.0 Å². The maximum atomic E-state index is 12.5. The Morgan fingerprint density at radius 1 is 0.281 bits per heavy atom. The average Bonchev–Trinajstić information content (AvgIpc) is 0.779. The fourth-order valence-electron chi connectivity index (χ4n) is 15.2. The van der Waals surface area contributed by atoms with Crippen molar-refractivity contribution in [2.75, 3.05) is 139 Å². The molecule has 0 aromatic carbocycles. The van der Waals surface area contributed by atoms with E-state index in [4.69, 9.17) is 92.5 Å². The molecular formula is C84H153N3O46S6. The largest absolute Gasteiger partial charge is 0.397 e. The molecule has 0 aliphatic carbocycles. The smallest absolute Gasteiger partial charge is 0.380 e. The number of hydrogen-bond donors (Lipinski definition) is 9. The third kappa shape index (κ3) is 66.1. The predicted molar refractivity (Wildman–Crippen MR) is 489 cm³/mol. The fourth-order valence-corrected chi connectivity index (χ4v) is 18.1. The van der Waals surface area contributed by atoms with E-state index in [9.17, 15) is 107 Å². The molecule has 4 heterocycles. The van der Waals surface area contributed by atoms with Crippen LogP contribution in [0.2, 0.25) is 0 Å². The van der Waals surface area contributed by atoms with Crippen LogP contribution in [-0.4, -0.2) is 350 Å². The van der Waals surface area contributed by atoms with E-state index < -0.39 is 161 Å². The Morgan fingerprint density at radius 3 is 0.878 bits per heavy atom. The second-order valence-electron chi connectivity index (χ2n) is 35.1. The molecule has 4 saturated heterocycles. The van der Waals surface area contributed by atoms with Crippen molar-refractivity contribution in [2.45, 2.75) is 358 Å². The number of ketones is 3. The van der Waals surface area contributed by atoms with Crippen molar-refractivity contribution < 1.29 is 207 Å². The molecule has 4 fully saturated rings. The Bertz CT molecular complexity index is 3910. The molecule has 139 heavy (non-hydrogen) atoms. The number of hydrogen-bond acceptors (Lipinski definition) is 40. The van der Waals surface area contributed by atoms with Gasteiger partial charge in [0.1, 0.15) is 41.8 Å². The molecule has 816 valence electrons. The second kappa shape index (κ2) is 70.0. The van der Waals surface area contributed by atoms with Crippen molar-refractivity contribution in [3.63, 3.8) is 0 Å². The monoisotopic (exact) mass is 2130 g/mol. The second-order valence-corrected chi connectivity index (χ2v) is 41.4. The zero-order chi connectivity index (χ0) is 103. The summed E-state index contributed by atoms with van der Waals surface area (Å²) in [4.78, 5) is 74.4. The standard InChI is InChI=1S/C84H153N3O46S6/c1-62-56-69(128-134(94,95)96)58-74(122-62)126-76-64(3)124-82(80(132-138(106,107)108)78(76)130-136(100,101)102)120-42-24-16-14-22-38-85-71(91)34-45-114-50-54-116-52-48-112-40-26-31-66(88)28-18-10-7-8-11-20-30-68(90)33-44-118-60-84(5,6)61-119-47-36-73(93)87-37-21-13-9-12-19-29-67(89)32-27-41-113-49-53-117-55-51-115-46-35-72(92)86-39-23-15-17-25-43-121-83-81(133-139(109,110)111)79(131-137(103,104)105)77(65(4)125-83)127-75-59-70(57-63(2)123-75)129-135(97,98)99/h62-65,69-70,74-83H,7-61H2,1-6H3,(H,85,91)(H,86,92)(H,87,93)(H,94,95,96)(H,97,98,99)(H,100,101,102)(H,103,104,105)(H,106,107,108)(H,109,110,111). The lowest BCUT2D eigenvalue weighted by Crippen LogP contribution is -2.62. The van der Waals surface area contributed by atoms with E-state index in [2.05, 4.69) is 24.3 Å². The van der Waals surface area contributed by atoms with E-state index in [0.717, 1.165) is 70.6 Å². The van der Waals surface area contributed by atoms with Gasteiger partial charge in [-0.3, -0.25) is 56.1 Å². The van der Waals surface area contributed by atoms with Crippen molar-refractivity contribution in [3.8, 4) is 0 Å². The highest BCUT2D eigenvalue weighted by atomic mass is 32.3. The molecule has 49 nitrogen and oxygen atoms in total. The summed E-state index contributed by atoms with van der Waals surface area (Å²) in [5.74, 6) is 0.0505. The van der Waals surface area contributed by atoms with Crippen LogP contribution >= 0.6 is 0 Å². The van der Waals surface area contributed by atoms with E-state index in [1.807, 2.05) is 13.8 Å². The summed E-state index contributed by atoms with van der Waals surface area (Å²) in [6.07, 6.45) is -5.54. The number of amides is 3. The summed E-state index contributed by atoms with van der Waals surface area (Å²) in [5, 5.41) is 8.55. The molecule has 0 saturated carbocycles. The number of nitrogens with one attached hydrogen (secondary N) is 3. The topological polar surface area (TPSA) is 668 Å². The molecule has 0 radical (unpaired) electrons. The van der Waals surface area contributed by atoms with Gasteiger partial charge >= 0.3 is 62.4 Å². The number of rotatable bonds is 85. The first kappa shape index (κ1) is 127. The molecule has 0 bridgehead atoms. The number of carbonyl (C=O) groups is 6. The van der Waals surface area contributed by atoms with Gasteiger partial charge in [0.15, 0.2) is 37.4 Å². The number of unbranched alkanes of at least 4 members (excludes halogenated alkanes) is 15. The van der Waals surface area contributed by atoms with Crippen LogP contribution in [0.1, 0.15) is 260 Å². The first-order valence-electron chi connectivity index (χ1n) is 47.7. The first-order valence-corrected chi connectivity index (χ1v) is 55.9. The fraction of sp³-hybridized carbons (Fsp3) is 0.929. The van der Waals surface area contributed by atoms with Crippen LogP contribution in [0.5, 0.6) is 0 Å². The minimum Gasteiger partial charge on any atom is -0.380 e. The summed E-state index contributed by atoms with van der Waals surface area (Å²) in [6.45, 7) is 16.1. The van der Waals surface area contributed by atoms with Crippen LogP contribution in [0.4, 0.5) is 0 Å². The van der Waals surface area contributed by atoms with Gasteiger partial charge < -0.3 is 91.7 Å². The highest BCUT2D eigenvalue weighted by molar-refractivity contribution is 7.82. The molecule has 16 unspecified atom stereocenters. The normalized spacial score (nSPS) is 23.7. The van der Waals surface area contributed by atoms with E-state index in [0.29, 0.717) is 195 Å². The van der Waals surface area contributed by atoms with Crippen LogP contribution in [0.25, 0.3) is 0 Å². The zero-order valence-electron chi connectivity index (χ0n) is 80.6. The molecule has 4 aliphatic rings. The summed E-state index contributed by atoms with van der Waals surface area (Å²) >= 11 is 0. The van der Waals surface area contributed by atoms with E-state index in [-0.39, 0.29) is 132 Å². The van der Waals surface area contributed by atoms with Gasteiger partial charge in [0.05, 0.1) is 129 Å². The molecule has 3 amide bonds. The van der Waals surface area contributed by atoms with Gasteiger partial charge in [-0.2, -0.15) is 50.5 Å². The van der Waals surface area contributed by atoms with E-state index in [1.54, 1.807) is 0 Å². The Balaban J connectivity index is 0.838. The van der Waals surface area contributed by atoms with Crippen LogP contribution in [-0.2, 0) is 192 Å². The highest BCUT2D eigenvalue weighted by Crippen LogP contribution is 2.37. The summed E-state index contributed by atoms with van der Waals surface area (Å²) < 4.78 is 317. The molecule has 0 spiro atoms. The maximum absolute atomic E-state index is 12.5. The van der Waals surface area contributed by atoms with E-state index in [1.165, 1.54) is 27.7 Å². The van der Waals surface area contributed by atoms with Crippen molar-refractivity contribution in [2.24, 2.45) is 5.41 Å². The molecule has 4 rings (SSSR count). The number of ether oxygens (including phenoxy) is 16. The van der Waals surface area contributed by atoms with Gasteiger partial charge in [0.25, 0.3) is 0 Å². The van der Waals surface area contributed by atoms with Gasteiger partial charge in [-0.05, 0) is 91.9 Å². The predicted octanol–water partition coefficient (Wildman–Crippen LogP) is 6.38. The molecule has 9 N–H and O–H groups in total. The Morgan fingerprint density at radius 2 is 0.547 bits per heavy atom. The minimum absolute atomic E-state index is 0.00517. The minimum atomic E-state index is -5.36. The van der Waals surface area contributed by atoms with Crippen LogP contribution in [0.3, 0.4) is 0 Å². The van der Waals surface area contributed by atoms with Crippen molar-refractivity contribution >= 4 is 97.5 Å². The number of Topliss-reactive ketones (excluding diaryl/α,β-unsaturated/α-hetero) is 3. The Kier molecular flexibility index (Phi) is 64.1. The first-order chi connectivity index (χ1) is 65.6. The van der Waals surface area contributed by atoms with Gasteiger partial charge in [-0.1, -0.05) is 84.5 Å². The maximum Gasteiger partial charge on any atom is 0.397 e. The molecule has 55 heteroatoms. The average molecular weight is 2130 g/mol. The van der Waals surface area contributed by atoms with Crippen LogP contribution in [0.15, 0.2) is 0 Å². The Labute approximate surface area is 818 Å². The van der Waals surface area contributed by atoms with Gasteiger partial charge in [-0.25, -0.2) is 25.1 Å². The summed E-state index contributed by atoms with van der Waals surface area (Å²) in [7, 11) is -31.2. The third-order valence-corrected chi connectivity index (χ3v) is 24.7. The molecule has 0 aromatic heterocycles. The van der Waals surface area contributed by atoms with Gasteiger partial charge in [0.2, 0.25) is 17.7 Å². The molecule has 4 aliphatic heterocycles. The van der Waals surface area contributed by atoms with Crippen LogP contribution < -0.4 is 16.0 Å². The molecule has 0 aromatic rings. The van der Waals surface area contributed by atoms with E-state index >= 15 is 0 Å². The van der Waals surface area contributed by atoms with Gasteiger partial charge in [-0.15, -0.1) is 0 Å². The lowest BCUT2D eigenvalue weighted by Gasteiger charge is -2.45. The molecule has 16 atom stereocenters. The van der Waals surface area contributed by atoms with Gasteiger partial charge in [0, 0.05) is 135 Å². The summed E-state index contributed by atoms with van der Waals surface area (Å²) in [5.41, 5.74) is -0.305. The summed E-state index contributed by atoms with van der Waals surface area (Å²) in [6, 6.07) is 0. The lowest BCUT2D eigenvalue weighted by molar-refractivity contribution is -0.321. The lowest BCUT2D eigenvalue weighted by atomic mass is 9.96. The van der Waals surface area contributed by atoms with Crippen LogP contribution in [0, 0.1) is 5.41 Å². The third-order valence-electron chi connectivity index (χ3n) is 21.8.